The first-order chi connectivity index (χ1) is 21.4. The maximum Gasteiger partial charge on any atom is 0.270 e. The first kappa shape index (κ1) is 28.7. The van der Waals surface area contributed by atoms with Crippen LogP contribution in [0.4, 0.5) is 17.3 Å². The summed E-state index contributed by atoms with van der Waals surface area (Å²) >= 11 is 0. The monoisotopic (exact) mass is 624 g/mol. The molecule has 234 valence electrons. The number of likely N-dealkylation sites (tertiary alicyclic amines) is 1. The Balaban J connectivity index is 1.15. The minimum atomic E-state index is -4.22. The topological polar surface area (TPSA) is 153 Å². The molecule has 4 aromatic rings. The number of anilines is 3. The molecule has 2 atom stereocenters. The van der Waals surface area contributed by atoms with E-state index in [1.54, 1.807) is 24.3 Å². The highest BCUT2D eigenvalue weighted by Gasteiger charge is 2.34. The van der Waals surface area contributed by atoms with Gasteiger partial charge < -0.3 is 28.8 Å². The number of nitrogens with zero attached hydrogens (tertiary/aromatic N) is 3. The molecular weight excluding hydrogens is 588 g/mol. The van der Waals surface area contributed by atoms with Crippen LogP contribution in [-0.4, -0.2) is 82.3 Å². The molecule has 4 heterocycles. The Morgan fingerprint density at radius 1 is 0.955 bits per heavy atom. The van der Waals surface area contributed by atoms with Gasteiger partial charge >= 0.3 is 0 Å². The molecule has 0 bridgehead atoms. The van der Waals surface area contributed by atoms with E-state index < -0.39 is 10.0 Å². The summed E-state index contributed by atoms with van der Waals surface area (Å²) in [6.07, 6.45) is 4.31. The third-order valence-electron chi connectivity index (χ3n) is 8.77. The van der Waals surface area contributed by atoms with Crippen LogP contribution in [0.25, 0.3) is 11.0 Å². The SMILES string of the molecule is COc1cc2c(NS(=O)(=O)c3c(OC)cc([C@@H]4CCN(C5CCOC5)C4)cc3OC)noc2cc1Nc1cc(C2CC2)[nH]n1. The Hall–Kier alpha value is -4.01. The highest BCUT2D eigenvalue weighted by Crippen LogP contribution is 2.43. The third-order valence-corrected chi connectivity index (χ3v) is 10.2. The predicted octanol–water partition coefficient (Wildman–Crippen LogP) is 4.58. The van der Waals surface area contributed by atoms with Gasteiger partial charge in [-0.25, -0.2) is 8.42 Å². The average molecular weight is 625 g/mol. The van der Waals surface area contributed by atoms with Crippen LogP contribution in [-0.2, 0) is 14.8 Å². The van der Waals surface area contributed by atoms with Crippen molar-refractivity contribution in [3.05, 3.63) is 41.6 Å². The molecule has 1 aliphatic carbocycles. The third kappa shape index (κ3) is 5.41. The summed E-state index contributed by atoms with van der Waals surface area (Å²) in [5, 5.41) is 15.1. The average Bonchev–Trinajstić information content (AvgIpc) is 3.46. The molecule has 2 saturated heterocycles. The van der Waals surface area contributed by atoms with Gasteiger partial charge in [0.2, 0.25) is 0 Å². The van der Waals surface area contributed by atoms with Crippen molar-refractivity contribution in [2.45, 2.75) is 48.5 Å². The largest absolute Gasteiger partial charge is 0.495 e. The molecule has 0 spiro atoms. The maximum atomic E-state index is 13.9. The van der Waals surface area contributed by atoms with Gasteiger partial charge in [-0.15, -0.1) is 0 Å². The molecule has 13 nitrogen and oxygen atoms in total. The van der Waals surface area contributed by atoms with Crippen LogP contribution >= 0.6 is 0 Å². The van der Waals surface area contributed by atoms with Gasteiger partial charge in [0.1, 0.15) is 17.2 Å². The lowest BCUT2D eigenvalue weighted by molar-refractivity contribution is 0.158. The second-order valence-corrected chi connectivity index (χ2v) is 13.2. The van der Waals surface area contributed by atoms with Crippen molar-refractivity contribution in [3.8, 4) is 17.2 Å². The zero-order valence-electron chi connectivity index (χ0n) is 24.9. The summed E-state index contributed by atoms with van der Waals surface area (Å²) in [7, 11) is 0.213. The number of hydrogen-bond acceptors (Lipinski definition) is 11. The summed E-state index contributed by atoms with van der Waals surface area (Å²) in [5.41, 5.74) is 3.02. The van der Waals surface area contributed by atoms with E-state index in [1.807, 2.05) is 6.07 Å². The van der Waals surface area contributed by atoms with Gasteiger partial charge in [0, 0.05) is 42.9 Å². The second-order valence-electron chi connectivity index (χ2n) is 11.5. The summed E-state index contributed by atoms with van der Waals surface area (Å²) in [4.78, 5) is 2.34. The highest BCUT2D eigenvalue weighted by molar-refractivity contribution is 7.93. The summed E-state index contributed by atoms with van der Waals surface area (Å²) in [6.45, 7) is 3.39. The Bertz CT molecular complexity index is 1750. The van der Waals surface area contributed by atoms with Crippen LogP contribution in [0.2, 0.25) is 0 Å². The molecular formula is C30H36N6O7S. The van der Waals surface area contributed by atoms with Crippen LogP contribution in [0, 0.1) is 0 Å². The first-order valence-electron chi connectivity index (χ1n) is 14.8. The van der Waals surface area contributed by atoms with Crippen molar-refractivity contribution in [2.24, 2.45) is 0 Å². The molecule has 44 heavy (non-hydrogen) atoms. The Morgan fingerprint density at radius 2 is 1.73 bits per heavy atom. The molecule has 2 aliphatic heterocycles. The molecule has 3 aliphatic rings. The Morgan fingerprint density at radius 3 is 2.41 bits per heavy atom. The number of nitrogens with one attached hydrogen (secondary N) is 3. The molecule has 0 amide bonds. The van der Waals surface area contributed by atoms with Crippen LogP contribution in [0.1, 0.15) is 48.8 Å². The normalized spacial score (nSPS) is 20.7. The quantitative estimate of drug-likeness (QED) is 0.215. The van der Waals surface area contributed by atoms with E-state index >= 15 is 0 Å². The van der Waals surface area contributed by atoms with Crippen LogP contribution in [0.3, 0.4) is 0 Å². The number of benzene rings is 2. The number of sulfonamides is 1. The lowest BCUT2D eigenvalue weighted by Crippen LogP contribution is -2.33. The number of fused-ring (bicyclic) bond motifs is 1. The highest BCUT2D eigenvalue weighted by atomic mass is 32.2. The van der Waals surface area contributed by atoms with Crippen molar-refractivity contribution in [1.29, 1.82) is 0 Å². The Kier molecular flexibility index (Phi) is 7.50. The van der Waals surface area contributed by atoms with Crippen LogP contribution < -0.4 is 24.2 Å². The number of aromatic amines is 1. The fourth-order valence-electron chi connectivity index (χ4n) is 6.23. The van der Waals surface area contributed by atoms with Gasteiger partial charge in [0.15, 0.2) is 22.1 Å². The number of aromatic nitrogens is 3. The van der Waals surface area contributed by atoms with Crippen molar-refractivity contribution in [1.82, 2.24) is 20.3 Å². The van der Waals surface area contributed by atoms with E-state index in [4.69, 9.17) is 23.5 Å². The molecule has 3 fully saturated rings. The predicted molar refractivity (Wildman–Crippen MR) is 163 cm³/mol. The minimum Gasteiger partial charge on any atom is -0.495 e. The van der Waals surface area contributed by atoms with Gasteiger partial charge in [-0.3, -0.25) is 14.7 Å². The van der Waals surface area contributed by atoms with E-state index in [-0.39, 0.29) is 28.1 Å². The van der Waals surface area contributed by atoms with Gasteiger partial charge in [0.05, 0.1) is 39.0 Å². The molecule has 1 saturated carbocycles. The zero-order chi connectivity index (χ0) is 30.4. The minimum absolute atomic E-state index is 0.0130. The van der Waals surface area contributed by atoms with Crippen LogP contribution in [0.15, 0.2) is 39.8 Å². The van der Waals surface area contributed by atoms with E-state index in [0.717, 1.165) is 63.2 Å². The van der Waals surface area contributed by atoms with Gasteiger partial charge in [-0.2, -0.15) is 5.10 Å². The maximum absolute atomic E-state index is 13.9. The molecule has 2 aromatic carbocycles. The summed E-state index contributed by atoms with van der Waals surface area (Å²) in [6, 6.07) is 9.35. The van der Waals surface area contributed by atoms with Crippen molar-refractivity contribution in [2.75, 3.05) is 57.7 Å². The van der Waals surface area contributed by atoms with Crippen molar-refractivity contribution in [3.63, 3.8) is 0 Å². The van der Waals surface area contributed by atoms with E-state index in [9.17, 15) is 8.42 Å². The van der Waals surface area contributed by atoms with Crippen molar-refractivity contribution >= 4 is 38.3 Å². The van der Waals surface area contributed by atoms with Gasteiger partial charge in [-0.05, 0) is 61.9 Å². The van der Waals surface area contributed by atoms with E-state index in [0.29, 0.717) is 40.2 Å². The molecule has 2 aromatic heterocycles. The number of ether oxygens (including phenoxy) is 4. The number of hydrogen-bond donors (Lipinski definition) is 3. The first-order valence-corrected chi connectivity index (χ1v) is 16.3. The molecule has 3 N–H and O–H groups in total. The smallest absolute Gasteiger partial charge is 0.270 e. The van der Waals surface area contributed by atoms with Crippen LogP contribution in [0.5, 0.6) is 17.2 Å². The van der Waals surface area contributed by atoms with E-state index in [1.165, 1.54) is 21.3 Å². The fraction of sp³-hybridized carbons (Fsp3) is 0.467. The van der Waals surface area contributed by atoms with Crippen molar-refractivity contribution < 1.29 is 31.9 Å². The fourth-order valence-corrected chi connectivity index (χ4v) is 7.55. The standard InChI is InChI=1S/C30H36N6O7S/c1-39-25-12-21-24(13-23(25)31-28-14-22(32-33-28)17-4-5-17)43-34-30(21)35-44(37,38)29-26(40-2)10-19(11-27(29)41-3)18-6-8-36(15-18)20-7-9-42-16-20/h10-14,17-18,20H,4-9,15-16H2,1-3H3,(H,34,35)(H2,31,32,33)/t18-,20?/m1/s1. The molecule has 0 radical (unpaired) electrons. The number of rotatable bonds is 11. The molecule has 7 rings (SSSR count). The number of methoxy groups -OCH3 is 3. The van der Waals surface area contributed by atoms with Gasteiger partial charge in [-0.1, -0.05) is 5.16 Å². The summed E-state index contributed by atoms with van der Waals surface area (Å²) in [5.74, 6) is 2.26. The zero-order valence-corrected chi connectivity index (χ0v) is 25.7. The Labute approximate surface area is 255 Å². The number of H-pyrrole nitrogens is 1. The van der Waals surface area contributed by atoms with E-state index in [2.05, 4.69) is 30.3 Å². The molecule has 14 heteroatoms. The lowest BCUT2D eigenvalue weighted by Gasteiger charge is -2.23. The molecule has 1 unspecified atom stereocenters. The summed E-state index contributed by atoms with van der Waals surface area (Å²) < 4.78 is 58.3. The second kappa shape index (κ2) is 11.5. The van der Waals surface area contributed by atoms with Gasteiger partial charge in [0.25, 0.3) is 10.0 Å². The lowest BCUT2D eigenvalue weighted by atomic mass is 9.98.